The smallest absolute Gasteiger partial charge is 0.255 e. The highest BCUT2D eigenvalue weighted by Crippen LogP contribution is 2.34. The molecule has 110 valence electrons. The van der Waals surface area contributed by atoms with Crippen molar-refractivity contribution in [3.8, 4) is 5.75 Å². The summed E-state index contributed by atoms with van der Waals surface area (Å²) in [7, 11) is 1.39. The average molecular weight is 332 g/mol. The molecule has 0 aliphatic heterocycles. The molecule has 3 nitrogen and oxygen atoms in total. The number of anilines is 1. The Morgan fingerprint density at radius 1 is 1.14 bits per heavy atom. The summed E-state index contributed by atoms with van der Waals surface area (Å²) in [6.07, 6.45) is 0. The summed E-state index contributed by atoms with van der Waals surface area (Å²) < 4.78 is 31.2. The van der Waals surface area contributed by atoms with Crippen LogP contribution in [0.2, 0.25) is 10.0 Å². The number of carbonyl (C=O) groups excluding carboxylic acids is 1. The van der Waals surface area contributed by atoms with Crippen molar-refractivity contribution in [3.63, 3.8) is 0 Å². The summed E-state index contributed by atoms with van der Waals surface area (Å²) in [5.41, 5.74) is -0.0287. The number of methoxy groups -OCH3 is 1. The van der Waals surface area contributed by atoms with E-state index in [9.17, 15) is 13.6 Å². The highest BCUT2D eigenvalue weighted by molar-refractivity contribution is 6.37. The van der Waals surface area contributed by atoms with Crippen molar-refractivity contribution < 1.29 is 18.3 Å². The van der Waals surface area contributed by atoms with Crippen LogP contribution in [0, 0.1) is 11.6 Å². The molecule has 0 aromatic heterocycles. The number of hydrogen-bond donors (Lipinski definition) is 1. The number of hydrogen-bond acceptors (Lipinski definition) is 2. The molecule has 2 rings (SSSR count). The van der Waals surface area contributed by atoms with E-state index in [1.165, 1.54) is 19.2 Å². The molecule has 0 heterocycles. The second kappa shape index (κ2) is 6.28. The first kappa shape index (κ1) is 15.5. The van der Waals surface area contributed by atoms with E-state index in [4.69, 9.17) is 27.9 Å². The number of rotatable bonds is 3. The minimum Gasteiger partial charge on any atom is -0.494 e. The normalized spacial score (nSPS) is 10.3. The van der Waals surface area contributed by atoms with Gasteiger partial charge in [0.05, 0.1) is 22.8 Å². The minimum absolute atomic E-state index is 0.120. The second-order valence-electron chi connectivity index (χ2n) is 4.05. The van der Waals surface area contributed by atoms with E-state index in [1.807, 2.05) is 0 Å². The summed E-state index contributed by atoms with van der Waals surface area (Å²) in [5, 5.41) is 2.60. The van der Waals surface area contributed by atoms with Gasteiger partial charge in [0.2, 0.25) is 0 Å². The average Bonchev–Trinajstić information content (AvgIpc) is 2.41. The Bertz CT molecular complexity index is 684. The monoisotopic (exact) mass is 331 g/mol. The zero-order valence-corrected chi connectivity index (χ0v) is 12.2. The number of benzene rings is 2. The lowest BCUT2D eigenvalue weighted by atomic mass is 10.2. The van der Waals surface area contributed by atoms with Crippen LogP contribution in [0.5, 0.6) is 5.75 Å². The van der Waals surface area contributed by atoms with Gasteiger partial charge in [-0.1, -0.05) is 23.2 Å². The highest BCUT2D eigenvalue weighted by Gasteiger charge is 2.15. The maximum atomic E-state index is 13.5. The fourth-order valence-electron chi connectivity index (χ4n) is 1.67. The van der Waals surface area contributed by atoms with Crippen LogP contribution >= 0.6 is 23.2 Å². The van der Waals surface area contributed by atoms with Gasteiger partial charge in [0.25, 0.3) is 5.91 Å². The fourth-order valence-corrected chi connectivity index (χ4v) is 2.31. The van der Waals surface area contributed by atoms with Crippen LogP contribution in [0.25, 0.3) is 0 Å². The van der Waals surface area contributed by atoms with Crippen LogP contribution < -0.4 is 10.1 Å². The summed E-state index contributed by atoms with van der Waals surface area (Å²) in [5.74, 6) is -2.01. The molecule has 0 radical (unpaired) electrons. The maximum Gasteiger partial charge on any atom is 0.255 e. The van der Waals surface area contributed by atoms with Gasteiger partial charge in [-0.25, -0.2) is 8.78 Å². The summed E-state index contributed by atoms with van der Waals surface area (Å²) in [6, 6.07) is 5.50. The SMILES string of the molecule is COc1c(Cl)cc(C(=O)Nc2ccc(F)cc2F)cc1Cl. The summed E-state index contributed by atoms with van der Waals surface area (Å²) in [6.45, 7) is 0. The molecule has 0 aliphatic rings. The van der Waals surface area contributed by atoms with E-state index in [0.29, 0.717) is 6.07 Å². The number of halogens is 4. The van der Waals surface area contributed by atoms with Crippen molar-refractivity contribution in [2.24, 2.45) is 0 Å². The number of carbonyl (C=O) groups is 1. The molecule has 7 heteroatoms. The van der Waals surface area contributed by atoms with Crippen molar-refractivity contribution in [3.05, 3.63) is 57.6 Å². The lowest BCUT2D eigenvalue weighted by Crippen LogP contribution is -2.13. The van der Waals surface area contributed by atoms with Crippen molar-refractivity contribution in [1.82, 2.24) is 0 Å². The Balaban J connectivity index is 2.28. The molecular weight excluding hydrogens is 323 g/mol. The standard InChI is InChI=1S/C14H9Cl2F2NO2/c1-21-13-9(15)4-7(5-10(13)16)14(20)19-12-3-2-8(17)6-11(12)18/h2-6H,1H3,(H,19,20). The Labute approximate surface area is 129 Å². The topological polar surface area (TPSA) is 38.3 Å². The van der Waals surface area contributed by atoms with Gasteiger partial charge < -0.3 is 10.1 Å². The minimum atomic E-state index is -0.881. The summed E-state index contributed by atoms with van der Waals surface area (Å²) >= 11 is 11.8. The summed E-state index contributed by atoms with van der Waals surface area (Å²) in [4.78, 5) is 12.0. The van der Waals surface area contributed by atoms with Crippen LogP contribution in [-0.2, 0) is 0 Å². The van der Waals surface area contributed by atoms with Crippen LogP contribution in [-0.4, -0.2) is 13.0 Å². The van der Waals surface area contributed by atoms with Crippen LogP contribution in [0.15, 0.2) is 30.3 Å². The van der Waals surface area contributed by atoms with Crippen molar-refractivity contribution in [2.45, 2.75) is 0 Å². The molecule has 0 aliphatic carbocycles. The lowest BCUT2D eigenvalue weighted by molar-refractivity contribution is 0.102. The predicted octanol–water partition coefficient (Wildman–Crippen LogP) is 4.53. The van der Waals surface area contributed by atoms with Gasteiger partial charge in [-0.05, 0) is 24.3 Å². The van der Waals surface area contributed by atoms with Crippen LogP contribution in [0.4, 0.5) is 14.5 Å². The third kappa shape index (κ3) is 3.43. The maximum absolute atomic E-state index is 13.5. The van der Waals surface area contributed by atoms with Gasteiger partial charge in [0.15, 0.2) is 5.75 Å². The molecule has 0 spiro atoms. The zero-order valence-electron chi connectivity index (χ0n) is 10.7. The van der Waals surface area contributed by atoms with Gasteiger partial charge in [0.1, 0.15) is 11.6 Å². The van der Waals surface area contributed by atoms with Crippen LogP contribution in [0.3, 0.4) is 0 Å². The molecule has 0 saturated carbocycles. The highest BCUT2D eigenvalue weighted by atomic mass is 35.5. The first-order valence-electron chi connectivity index (χ1n) is 5.72. The second-order valence-corrected chi connectivity index (χ2v) is 4.87. The van der Waals surface area contributed by atoms with Gasteiger partial charge >= 0.3 is 0 Å². The predicted molar refractivity (Wildman–Crippen MR) is 77.3 cm³/mol. The Hall–Kier alpha value is -1.85. The molecule has 1 amide bonds. The number of nitrogens with one attached hydrogen (secondary N) is 1. The molecule has 0 atom stereocenters. The molecule has 0 fully saturated rings. The Morgan fingerprint density at radius 2 is 1.76 bits per heavy atom. The van der Waals surface area contributed by atoms with E-state index in [1.54, 1.807) is 0 Å². The van der Waals surface area contributed by atoms with Crippen LogP contribution in [0.1, 0.15) is 10.4 Å². The number of ether oxygens (including phenoxy) is 1. The quantitative estimate of drug-likeness (QED) is 0.897. The molecule has 1 N–H and O–H groups in total. The third-order valence-electron chi connectivity index (χ3n) is 2.64. The Kier molecular flexibility index (Phi) is 4.65. The largest absolute Gasteiger partial charge is 0.494 e. The van der Waals surface area contributed by atoms with E-state index < -0.39 is 17.5 Å². The fraction of sp³-hybridized carbons (Fsp3) is 0.0714. The molecular formula is C14H9Cl2F2NO2. The first-order chi connectivity index (χ1) is 9.92. The van der Waals surface area contributed by atoms with Gasteiger partial charge in [-0.2, -0.15) is 0 Å². The van der Waals surface area contributed by atoms with Crippen molar-refractivity contribution in [2.75, 3.05) is 12.4 Å². The molecule has 2 aromatic carbocycles. The molecule has 0 bridgehead atoms. The molecule has 2 aromatic rings. The van der Waals surface area contributed by atoms with Gasteiger partial charge in [-0.15, -0.1) is 0 Å². The van der Waals surface area contributed by atoms with E-state index in [0.717, 1.165) is 12.1 Å². The lowest BCUT2D eigenvalue weighted by Gasteiger charge is -2.10. The Morgan fingerprint density at radius 3 is 2.29 bits per heavy atom. The van der Waals surface area contributed by atoms with Crippen molar-refractivity contribution in [1.29, 1.82) is 0 Å². The molecule has 0 unspecified atom stereocenters. The van der Waals surface area contributed by atoms with Gasteiger partial charge in [-0.3, -0.25) is 4.79 Å². The molecule has 21 heavy (non-hydrogen) atoms. The van der Waals surface area contributed by atoms with E-state index >= 15 is 0 Å². The number of amides is 1. The zero-order chi connectivity index (χ0) is 15.6. The van der Waals surface area contributed by atoms with E-state index in [-0.39, 0.29) is 27.0 Å². The van der Waals surface area contributed by atoms with Crippen molar-refractivity contribution >= 4 is 34.8 Å². The first-order valence-corrected chi connectivity index (χ1v) is 6.47. The molecule has 0 saturated heterocycles. The van der Waals surface area contributed by atoms with E-state index in [2.05, 4.69) is 5.32 Å². The third-order valence-corrected chi connectivity index (χ3v) is 3.21. The van der Waals surface area contributed by atoms with Gasteiger partial charge in [0, 0.05) is 11.6 Å².